The number of aryl methyl sites for hydroxylation is 1. The highest BCUT2D eigenvalue weighted by Crippen LogP contribution is 2.21. The van der Waals surface area contributed by atoms with Gasteiger partial charge in [-0.25, -0.2) is 9.78 Å². The van der Waals surface area contributed by atoms with Crippen LogP contribution in [0.4, 0.5) is 5.69 Å². The lowest BCUT2D eigenvalue weighted by molar-refractivity contribution is -0.115. The van der Waals surface area contributed by atoms with Gasteiger partial charge in [-0.2, -0.15) is 0 Å². The SMILES string of the molecule is CCc1nc(CC(=O)Nc2cccc(Cl)c2)c(C(=O)O)s1. The Hall–Kier alpha value is -1.92. The zero-order valence-electron chi connectivity index (χ0n) is 11.2. The van der Waals surface area contributed by atoms with Gasteiger partial charge in [0.1, 0.15) is 4.88 Å². The molecule has 0 aliphatic rings. The Kier molecular flexibility index (Phi) is 4.93. The topological polar surface area (TPSA) is 79.3 Å². The number of thiazole rings is 1. The molecule has 0 saturated heterocycles. The van der Waals surface area contributed by atoms with Gasteiger partial charge in [-0.05, 0) is 24.6 Å². The summed E-state index contributed by atoms with van der Waals surface area (Å²) in [5, 5.41) is 13.0. The molecule has 0 saturated carbocycles. The van der Waals surface area contributed by atoms with E-state index in [0.717, 1.165) is 11.3 Å². The largest absolute Gasteiger partial charge is 0.477 e. The van der Waals surface area contributed by atoms with Crippen molar-refractivity contribution in [3.8, 4) is 0 Å². The molecule has 2 aromatic rings. The van der Waals surface area contributed by atoms with Gasteiger partial charge in [0.05, 0.1) is 17.1 Å². The number of hydrogen-bond donors (Lipinski definition) is 2. The molecule has 0 atom stereocenters. The number of anilines is 1. The van der Waals surface area contributed by atoms with Gasteiger partial charge >= 0.3 is 5.97 Å². The van der Waals surface area contributed by atoms with Gasteiger partial charge in [0.25, 0.3) is 0 Å². The Balaban J connectivity index is 2.12. The molecule has 7 heteroatoms. The van der Waals surface area contributed by atoms with Crippen molar-refractivity contribution in [1.29, 1.82) is 0 Å². The van der Waals surface area contributed by atoms with Crippen LogP contribution in [0.25, 0.3) is 0 Å². The van der Waals surface area contributed by atoms with Gasteiger partial charge in [-0.3, -0.25) is 4.79 Å². The molecule has 1 aromatic heterocycles. The summed E-state index contributed by atoms with van der Waals surface area (Å²) >= 11 is 6.94. The highest BCUT2D eigenvalue weighted by Gasteiger charge is 2.19. The van der Waals surface area contributed by atoms with E-state index < -0.39 is 5.97 Å². The number of aromatic carboxylic acids is 1. The Morgan fingerprint density at radius 3 is 2.81 bits per heavy atom. The van der Waals surface area contributed by atoms with E-state index in [2.05, 4.69) is 10.3 Å². The average molecular weight is 325 g/mol. The minimum absolute atomic E-state index is 0.0787. The van der Waals surface area contributed by atoms with Crippen molar-refractivity contribution in [2.45, 2.75) is 19.8 Å². The molecule has 0 radical (unpaired) electrons. The third-order valence-electron chi connectivity index (χ3n) is 2.67. The van der Waals surface area contributed by atoms with E-state index in [1.807, 2.05) is 6.92 Å². The number of carbonyl (C=O) groups excluding carboxylic acids is 1. The van der Waals surface area contributed by atoms with Gasteiger partial charge in [-0.1, -0.05) is 24.6 Å². The number of rotatable bonds is 5. The second kappa shape index (κ2) is 6.69. The van der Waals surface area contributed by atoms with Crippen LogP contribution in [-0.2, 0) is 17.6 Å². The third-order valence-corrected chi connectivity index (χ3v) is 4.14. The summed E-state index contributed by atoms with van der Waals surface area (Å²) in [6.07, 6.45) is 0.561. The normalized spacial score (nSPS) is 10.4. The number of aromatic nitrogens is 1. The summed E-state index contributed by atoms with van der Waals surface area (Å²) in [5.74, 6) is -1.38. The predicted molar refractivity (Wildman–Crippen MR) is 82.2 cm³/mol. The third kappa shape index (κ3) is 4.03. The molecule has 0 spiro atoms. The highest BCUT2D eigenvalue weighted by molar-refractivity contribution is 7.13. The van der Waals surface area contributed by atoms with Crippen molar-refractivity contribution < 1.29 is 14.7 Å². The molecular weight excluding hydrogens is 312 g/mol. The quantitative estimate of drug-likeness (QED) is 0.885. The maximum Gasteiger partial charge on any atom is 0.347 e. The van der Waals surface area contributed by atoms with Crippen molar-refractivity contribution in [2.24, 2.45) is 0 Å². The lowest BCUT2D eigenvalue weighted by Crippen LogP contribution is -2.16. The molecule has 110 valence electrons. The molecule has 1 amide bonds. The van der Waals surface area contributed by atoms with Crippen LogP contribution in [0, 0.1) is 0 Å². The molecule has 0 unspecified atom stereocenters. The number of carbonyl (C=O) groups is 2. The zero-order valence-corrected chi connectivity index (χ0v) is 12.8. The van der Waals surface area contributed by atoms with E-state index in [1.54, 1.807) is 24.3 Å². The van der Waals surface area contributed by atoms with Gasteiger partial charge in [-0.15, -0.1) is 11.3 Å². The van der Waals surface area contributed by atoms with E-state index >= 15 is 0 Å². The van der Waals surface area contributed by atoms with Crippen molar-refractivity contribution in [3.63, 3.8) is 0 Å². The fraction of sp³-hybridized carbons (Fsp3) is 0.214. The van der Waals surface area contributed by atoms with Gasteiger partial charge in [0, 0.05) is 10.7 Å². The van der Waals surface area contributed by atoms with Crippen molar-refractivity contribution in [3.05, 3.63) is 44.9 Å². The molecule has 21 heavy (non-hydrogen) atoms. The number of halogens is 1. The van der Waals surface area contributed by atoms with Crippen LogP contribution in [0.2, 0.25) is 5.02 Å². The molecule has 0 bridgehead atoms. The molecule has 1 aromatic carbocycles. The van der Waals surface area contributed by atoms with Crippen molar-refractivity contribution in [1.82, 2.24) is 4.98 Å². The second-order valence-electron chi connectivity index (χ2n) is 4.28. The van der Waals surface area contributed by atoms with Crippen LogP contribution < -0.4 is 5.32 Å². The summed E-state index contributed by atoms with van der Waals surface area (Å²) in [6, 6.07) is 6.75. The Morgan fingerprint density at radius 2 is 2.19 bits per heavy atom. The number of benzene rings is 1. The van der Waals surface area contributed by atoms with Crippen LogP contribution in [0.5, 0.6) is 0 Å². The number of nitrogens with one attached hydrogen (secondary N) is 1. The summed E-state index contributed by atoms with van der Waals surface area (Å²) in [6.45, 7) is 1.89. The molecule has 0 fully saturated rings. The second-order valence-corrected chi connectivity index (χ2v) is 5.80. The molecule has 2 N–H and O–H groups in total. The maximum absolute atomic E-state index is 12.0. The van der Waals surface area contributed by atoms with E-state index in [9.17, 15) is 9.59 Å². The standard InChI is InChI=1S/C14H13ClN2O3S/c1-2-12-17-10(13(21-12)14(19)20)7-11(18)16-9-5-3-4-8(15)6-9/h3-6H,2,7H2,1H3,(H,16,18)(H,19,20). The monoisotopic (exact) mass is 324 g/mol. The minimum Gasteiger partial charge on any atom is -0.477 e. The highest BCUT2D eigenvalue weighted by atomic mass is 35.5. The molecular formula is C14H13ClN2O3S. The molecule has 5 nitrogen and oxygen atoms in total. The first-order valence-corrected chi connectivity index (χ1v) is 7.46. The number of nitrogens with zero attached hydrogens (tertiary/aromatic N) is 1. The Bertz CT molecular complexity index is 685. The van der Waals surface area contributed by atoms with Crippen LogP contribution in [-0.4, -0.2) is 22.0 Å². The zero-order chi connectivity index (χ0) is 15.4. The molecule has 2 rings (SSSR count). The summed E-state index contributed by atoms with van der Waals surface area (Å²) in [7, 11) is 0. The number of hydrogen-bond acceptors (Lipinski definition) is 4. The summed E-state index contributed by atoms with van der Waals surface area (Å²) in [5.41, 5.74) is 0.860. The average Bonchev–Trinajstić information content (AvgIpc) is 2.81. The first-order valence-electron chi connectivity index (χ1n) is 6.27. The molecule has 0 aliphatic heterocycles. The molecule has 1 heterocycles. The number of amides is 1. The first-order chi connectivity index (χ1) is 9.99. The van der Waals surface area contributed by atoms with Crippen LogP contribution in [0.3, 0.4) is 0 Å². The summed E-state index contributed by atoms with van der Waals surface area (Å²) in [4.78, 5) is 27.5. The van der Waals surface area contributed by atoms with E-state index in [-0.39, 0.29) is 17.2 Å². The van der Waals surface area contributed by atoms with Crippen molar-refractivity contribution in [2.75, 3.05) is 5.32 Å². The maximum atomic E-state index is 12.0. The van der Waals surface area contributed by atoms with Gasteiger partial charge in [0.2, 0.25) is 5.91 Å². The minimum atomic E-state index is -1.06. The van der Waals surface area contributed by atoms with E-state index in [4.69, 9.17) is 16.7 Å². The van der Waals surface area contributed by atoms with Gasteiger partial charge < -0.3 is 10.4 Å². The first kappa shape index (κ1) is 15.5. The van der Waals surface area contributed by atoms with Crippen LogP contribution >= 0.6 is 22.9 Å². The van der Waals surface area contributed by atoms with Crippen LogP contribution in [0.15, 0.2) is 24.3 Å². The Labute approximate surface area is 130 Å². The Morgan fingerprint density at radius 1 is 1.43 bits per heavy atom. The van der Waals surface area contributed by atoms with Crippen molar-refractivity contribution >= 4 is 40.5 Å². The number of carboxylic acid groups (broad SMARTS) is 1. The van der Waals surface area contributed by atoms with E-state index in [0.29, 0.717) is 27.8 Å². The summed E-state index contributed by atoms with van der Waals surface area (Å²) < 4.78 is 0. The fourth-order valence-electron chi connectivity index (χ4n) is 1.76. The van der Waals surface area contributed by atoms with Gasteiger partial charge in [0.15, 0.2) is 0 Å². The lowest BCUT2D eigenvalue weighted by Gasteiger charge is -2.04. The lowest BCUT2D eigenvalue weighted by atomic mass is 10.2. The van der Waals surface area contributed by atoms with E-state index in [1.165, 1.54) is 0 Å². The fourth-order valence-corrected chi connectivity index (χ4v) is 2.81. The van der Waals surface area contributed by atoms with Crippen LogP contribution in [0.1, 0.15) is 27.3 Å². The molecule has 0 aliphatic carbocycles. The number of carboxylic acids is 1. The predicted octanol–water partition coefficient (Wildman–Crippen LogP) is 3.24. The smallest absolute Gasteiger partial charge is 0.347 e.